The Labute approximate surface area is 197 Å². The Morgan fingerprint density at radius 3 is 2.74 bits per heavy atom. The Balaban J connectivity index is 1.32. The summed E-state index contributed by atoms with van der Waals surface area (Å²) >= 11 is 0. The number of rotatable bonds is 9. The maximum absolute atomic E-state index is 12.4. The molecule has 0 bridgehead atoms. The number of methoxy groups -OCH3 is 1. The number of aromatic nitrogens is 1. The maximum Gasteiger partial charge on any atom is 0.331 e. The first kappa shape index (κ1) is 23.1. The normalized spacial score (nSPS) is 12.3. The highest BCUT2D eigenvalue weighted by molar-refractivity contribution is 5.99. The highest BCUT2D eigenvalue weighted by Crippen LogP contribution is 2.30. The zero-order chi connectivity index (χ0) is 24.1. The fraction of sp³-hybridized carbons (Fsp3) is 0.269. The summed E-state index contributed by atoms with van der Waals surface area (Å²) in [5, 5.41) is 3.92. The fourth-order valence-corrected chi connectivity index (χ4v) is 3.56. The van der Waals surface area contributed by atoms with E-state index in [9.17, 15) is 9.59 Å². The molecule has 0 aliphatic carbocycles. The number of Topliss-reactive ketones (excluding diaryl/α,β-unsaturated/α-hetero) is 1. The van der Waals surface area contributed by atoms with Gasteiger partial charge in [-0.1, -0.05) is 11.2 Å². The van der Waals surface area contributed by atoms with Gasteiger partial charge < -0.3 is 23.5 Å². The number of nitrogens with zero attached hydrogens (tertiary/aromatic N) is 1. The van der Waals surface area contributed by atoms with Crippen molar-refractivity contribution in [1.82, 2.24) is 5.16 Å². The Morgan fingerprint density at radius 2 is 1.97 bits per heavy atom. The third-order valence-corrected chi connectivity index (χ3v) is 5.51. The average molecular weight is 463 g/mol. The van der Waals surface area contributed by atoms with Gasteiger partial charge in [-0.2, -0.15) is 0 Å². The molecule has 8 heteroatoms. The van der Waals surface area contributed by atoms with Crippen molar-refractivity contribution in [2.45, 2.75) is 26.9 Å². The van der Waals surface area contributed by atoms with E-state index in [0.29, 0.717) is 41.6 Å². The molecule has 0 amide bonds. The second-order valence-electron chi connectivity index (χ2n) is 7.79. The van der Waals surface area contributed by atoms with Crippen LogP contribution in [0, 0.1) is 13.8 Å². The number of benzene rings is 2. The molecule has 0 saturated carbocycles. The molecule has 1 aliphatic heterocycles. The van der Waals surface area contributed by atoms with E-state index >= 15 is 0 Å². The third kappa shape index (κ3) is 5.28. The highest BCUT2D eigenvalue weighted by atomic mass is 16.5. The lowest BCUT2D eigenvalue weighted by molar-refractivity contribution is -0.136. The largest absolute Gasteiger partial charge is 0.493 e. The molecule has 0 saturated heterocycles. The number of fused-ring (bicyclic) bond motifs is 1. The lowest BCUT2D eigenvalue weighted by Gasteiger charge is -2.11. The Bertz CT molecular complexity index is 1220. The van der Waals surface area contributed by atoms with Gasteiger partial charge in [0.1, 0.15) is 18.1 Å². The van der Waals surface area contributed by atoms with E-state index in [0.717, 1.165) is 29.0 Å². The van der Waals surface area contributed by atoms with E-state index in [-0.39, 0.29) is 12.4 Å². The molecule has 0 atom stereocenters. The number of esters is 1. The molecule has 4 rings (SSSR count). The van der Waals surface area contributed by atoms with Crippen LogP contribution in [0.1, 0.15) is 38.5 Å². The van der Waals surface area contributed by atoms with Crippen molar-refractivity contribution < 1.29 is 33.1 Å². The lowest BCUT2D eigenvalue weighted by atomic mass is 10.1. The van der Waals surface area contributed by atoms with Gasteiger partial charge in [0, 0.05) is 18.1 Å². The molecule has 0 radical (unpaired) electrons. The van der Waals surface area contributed by atoms with Gasteiger partial charge in [-0.3, -0.25) is 4.79 Å². The summed E-state index contributed by atoms with van der Waals surface area (Å²) in [6.45, 7) is 4.27. The van der Waals surface area contributed by atoms with Gasteiger partial charge in [0.05, 0.1) is 25.0 Å². The first-order chi connectivity index (χ1) is 16.4. The molecule has 0 N–H and O–H groups in total. The van der Waals surface area contributed by atoms with Gasteiger partial charge in [-0.25, -0.2) is 4.79 Å². The van der Waals surface area contributed by atoms with E-state index in [4.69, 9.17) is 23.5 Å². The molecule has 1 aliphatic rings. The van der Waals surface area contributed by atoms with Crippen LogP contribution in [0.15, 0.2) is 47.0 Å². The zero-order valence-corrected chi connectivity index (χ0v) is 19.3. The smallest absolute Gasteiger partial charge is 0.331 e. The van der Waals surface area contributed by atoms with E-state index in [1.807, 2.05) is 13.8 Å². The van der Waals surface area contributed by atoms with Crippen LogP contribution in [0.25, 0.3) is 6.08 Å². The molecule has 34 heavy (non-hydrogen) atoms. The molecular weight excluding hydrogens is 438 g/mol. The lowest BCUT2D eigenvalue weighted by Crippen LogP contribution is -2.12. The van der Waals surface area contributed by atoms with Crippen molar-refractivity contribution >= 4 is 17.8 Å². The molecule has 8 nitrogen and oxygen atoms in total. The molecule has 0 unspecified atom stereocenters. The summed E-state index contributed by atoms with van der Waals surface area (Å²) in [6.07, 6.45) is 3.62. The van der Waals surface area contributed by atoms with Crippen LogP contribution in [0.2, 0.25) is 0 Å². The predicted molar refractivity (Wildman–Crippen MR) is 123 cm³/mol. The van der Waals surface area contributed by atoms with Crippen LogP contribution in [0.3, 0.4) is 0 Å². The van der Waals surface area contributed by atoms with Crippen LogP contribution in [0.4, 0.5) is 0 Å². The summed E-state index contributed by atoms with van der Waals surface area (Å²) in [5.74, 6) is 1.68. The van der Waals surface area contributed by atoms with Gasteiger partial charge in [-0.15, -0.1) is 0 Å². The predicted octanol–water partition coefficient (Wildman–Crippen LogP) is 4.25. The van der Waals surface area contributed by atoms with Crippen LogP contribution in [-0.4, -0.2) is 37.2 Å². The average Bonchev–Trinajstić information content (AvgIpc) is 3.45. The number of hydrogen-bond acceptors (Lipinski definition) is 8. The summed E-state index contributed by atoms with van der Waals surface area (Å²) in [4.78, 5) is 24.5. The Hall–Kier alpha value is -4.07. The molecule has 0 fully saturated rings. The van der Waals surface area contributed by atoms with Gasteiger partial charge >= 0.3 is 5.97 Å². The van der Waals surface area contributed by atoms with Crippen LogP contribution in [0.5, 0.6) is 17.2 Å². The Kier molecular flexibility index (Phi) is 6.96. The van der Waals surface area contributed by atoms with Gasteiger partial charge in [0.15, 0.2) is 23.9 Å². The van der Waals surface area contributed by atoms with E-state index in [2.05, 4.69) is 5.16 Å². The minimum Gasteiger partial charge on any atom is -0.493 e. The second-order valence-corrected chi connectivity index (χ2v) is 7.79. The van der Waals surface area contributed by atoms with E-state index in [1.54, 1.807) is 42.5 Å². The van der Waals surface area contributed by atoms with Crippen LogP contribution in [-0.2, 0) is 22.6 Å². The first-order valence-corrected chi connectivity index (χ1v) is 10.8. The van der Waals surface area contributed by atoms with Crippen LogP contribution >= 0.6 is 0 Å². The van der Waals surface area contributed by atoms with Crippen molar-refractivity contribution in [3.05, 3.63) is 76.2 Å². The van der Waals surface area contributed by atoms with Crippen molar-refractivity contribution in [2.24, 2.45) is 0 Å². The summed E-state index contributed by atoms with van der Waals surface area (Å²) in [5.41, 5.74) is 3.86. The quantitative estimate of drug-likeness (QED) is 0.264. The molecule has 0 spiro atoms. The molecule has 3 aromatic rings. The Morgan fingerprint density at radius 1 is 1.12 bits per heavy atom. The van der Waals surface area contributed by atoms with Crippen molar-refractivity contribution in [1.29, 1.82) is 0 Å². The van der Waals surface area contributed by atoms with Crippen molar-refractivity contribution in [3.8, 4) is 17.2 Å². The number of hydrogen-bond donors (Lipinski definition) is 0. The van der Waals surface area contributed by atoms with Crippen LogP contribution < -0.4 is 14.2 Å². The summed E-state index contributed by atoms with van der Waals surface area (Å²) in [6, 6.07) is 10.5. The molecule has 1 aromatic heterocycles. The fourth-order valence-electron chi connectivity index (χ4n) is 3.56. The van der Waals surface area contributed by atoms with Gasteiger partial charge in [-0.05, 0) is 61.4 Å². The summed E-state index contributed by atoms with van der Waals surface area (Å²) < 4.78 is 27.0. The SMILES string of the molecule is COc1cc(/C=C/C(=O)OCC(=O)c2ccc3c(c2)CCO3)ccc1OCc1c(C)noc1C. The number of ether oxygens (including phenoxy) is 4. The van der Waals surface area contributed by atoms with Gasteiger partial charge in [0.2, 0.25) is 0 Å². The molecule has 2 aromatic carbocycles. The number of carbonyl (C=O) groups is 2. The maximum atomic E-state index is 12.4. The zero-order valence-electron chi connectivity index (χ0n) is 19.3. The minimum atomic E-state index is -0.615. The summed E-state index contributed by atoms with van der Waals surface area (Å²) in [7, 11) is 1.54. The van der Waals surface area contributed by atoms with Crippen molar-refractivity contribution in [2.75, 3.05) is 20.3 Å². The second kappa shape index (κ2) is 10.2. The molecular formula is C26H25NO7. The monoisotopic (exact) mass is 463 g/mol. The van der Waals surface area contributed by atoms with E-state index in [1.165, 1.54) is 13.2 Å². The van der Waals surface area contributed by atoms with Gasteiger partial charge in [0.25, 0.3) is 0 Å². The number of ketones is 1. The number of aryl methyl sites for hydroxylation is 2. The standard InChI is InChI=1S/C26H25NO7/c1-16-21(17(2)34-27-16)14-32-24-7-4-18(12-25(24)30-3)5-9-26(29)33-15-22(28)19-6-8-23-20(13-19)10-11-31-23/h4-9,12-13H,10-11,14-15H2,1-3H3/b9-5+. The molecule has 176 valence electrons. The number of carbonyl (C=O) groups excluding carboxylic acids is 2. The van der Waals surface area contributed by atoms with Crippen molar-refractivity contribution in [3.63, 3.8) is 0 Å². The minimum absolute atomic E-state index is 0.266. The third-order valence-electron chi connectivity index (χ3n) is 5.51. The first-order valence-electron chi connectivity index (χ1n) is 10.8. The molecule has 2 heterocycles. The topological polar surface area (TPSA) is 97.1 Å². The van der Waals surface area contributed by atoms with E-state index < -0.39 is 5.97 Å². The highest BCUT2D eigenvalue weighted by Gasteiger charge is 2.16.